The Morgan fingerprint density at radius 3 is 2.24 bits per heavy atom. The molecule has 3 nitrogen and oxygen atoms in total. The zero-order chi connectivity index (χ0) is 16.1. The molecule has 0 saturated carbocycles. The van der Waals surface area contributed by atoms with E-state index in [1.54, 1.807) is 20.8 Å². The van der Waals surface area contributed by atoms with Crippen LogP contribution in [0.4, 0.5) is 0 Å². The number of nitrogens with one attached hydrogen (secondary N) is 1. The molecule has 0 heterocycles. The Kier molecular flexibility index (Phi) is 6.88. The lowest BCUT2D eigenvalue weighted by Gasteiger charge is -2.22. The summed E-state index contributed by atoms with van der Waals surface area (Å²) in [5.74, 6) is 0.443. The highest BCUT2D eigenvalue weighted by Crippen LogP contribution is 2.25. The minimum absolute atomic E-state index is 0.218. The van der Waals surface area contributed by atoms with Gasteiger partial charge in [-0.2, -0.15) is 0 Å². The van der Waals surface area contributed by atoms with Crippen LogP contribution < -0.4 is 5.32 Å². The van der Waals surface area contributed by atoms with Gasteiger partial charge in [0.15, 0.2) is 9.84 Å². The smallest absolute Gasteiger partial charge is 0.155 e. The summed E-state index contributed by atoms with van der Waals surface area (Å²) in [4.78, 5) is 0. The molecular formula is C16H26BrNO2S. The molecule has 1 unspecified atom stereocenters. The predicted molar refractivity (Wildman–Crippen MR) is 93.6 cm³/mol. The van der Waals surface area contributed by atoms with Gasteiger partial charge in [-0.1, -0.05) is 35.0 Å². The van der Waals surface area contributed by atoms with Crippen molar-refractivity contribution in [3.8, 4) is 0 Å². The van der Waals surface area contributed by atoms with Crippen LogP contribution in [0.2, 0.25) is 0 Å². The van der Waals surface area contributed by atoms with E-state index < -0.39 is 14.6 Å². The van der Waals surface area contributed by atoms with Crippen LogP contribution in [-0.2, 0) is 9.84 Å². The maximum absolute atomic E-state index is 12.3. The molecular weight excluding hydrogens is 350 g/mol. The van der Waals surface area contributed by atoms with Crippen LogP contribution in [-0.4, -0.2) is 32.0 Å². The van der Waals surface area contributed by atoms with Gasteiger partial charge in [0.2, 0.25) is 0 Å². The first-order valence-electron chi connectivity index (χ1n) is 7.36. The second-order valence-corrected chi connectivity index (χ2v) is 10.1. The molecule has 0 aromatic heterocycles. The molecule has 120 valence electrons. The van der Waals surface area contributed by atoms with Gasteiger partial charge in [-0.25, -0.2) is 8.42 Å². The Balaban J connectivity index is 2.82. The number of halogens is 1. The van der Waals surface area contributed by atoms with Crippen molar-refractivity contribution in [2.75, 3.05) is 18.8 Å². The lowest BCUT2D eigenvalue weighted by Crippen LogP contribution is -2.32. The molecule has 0 bridgehead atoms. The zero-order valence-electron chi connectivity index (χ0n) is 13.3. The summed E-state index contributed by atoms with van der Waals surface area (Å²) in [5, 5.41) is 3.33. The first-order chi connectivity index (χ1) is 9.67. The second kappa shape index (κ2) is 7.75. The molecule has 21 heavy (non-hydrogen) atoms. The van der Waals surface area contributed by atoms with E-state index in [1.165, 1.54) is 5.56 Å². The lowest BCUT2D eigenvalue weighted by molar-refractivity contribution is 0.541. The Morgan fingerprint density at radius 1 is 1.19 bits per heavy atom. The number of hydrogen-bond acceptors (Lipinski definition) is 3. The molecule has 0 spiro atoms. The third-order valence-electron chi connectivity index (χ3n) is 3.65. The molecule has 1 aromatic rings. The SMILES string of the molecule is CCNCC(CCS(=O)(=O)C(C)(C)C)c1ccc(Br)cc1. The normalized spacial score (nSPS) is 14.1. The average molecular weight is 376 g/mol. The fourth-order valence-corrected chi connectivity index (χ4v) is 3.52. The van der Waals surface area contributed by atoms with E-state index in [9.17, 15) is 8.42 Å². The zero-order valence-corrected chi connectivity index (χ0v) is 15.7. The maximum atomic E-state index is 12.3. The molecule has 0 aliphatic heterocycles. The maximum Gasteiger partial charge on any atom is 0.155 e. The van der Waals surface area contributed by atoms with Gasteiger partial charge in [0, 0.05) is 11.0 Å². The van der Waals surface area contributed by atoms with Gasteiger partial charge in [-0.15, -0.1) is 0 Å². The summed E-state index contributed by atoms with van der Waals surface area (Å²) in [6.07, 6.45) is 0.647. The minimum Gasteiger partial charge on any atom is -0.316 e. The summed E-state index contributed by atoms with van der Waals surface area (Å²) in [6, 6.07) is 8.14. The summed E-state index contributed by atoms with van der Waals surface area (Å²) in [5.41, 5.74) is 1.18. The molecule has 0 fully saturated rings. The van der Waals surface area contributed by atoms with Crippen molar-refractivity contribution in [3.63, 3.8) is 0 Å². The number of likely N-dealkylation sites (N-methyl/N-ethyl adjacent to an activating group) is 1. The van der Waals surface area contributed by atoms with Crippen LogP contribution in [0.5, 0.6) is 0 Å². The predicted octanol–water partition coefficient (Wildman–Crippen LogP) is 3.75. The van der Waals surface area contributed by atoms with E-state index in [2.05, 4.69) is 40.3 Å². The van der Waals surface area contributed by atoms with Gasteiger partial charge in [0.1, 0.15) is 0 Å². The Morgan fingerprint density at radius 2 is 1.76 bits per heavy atom. The van der Waals surface area contributed by atoms with Crippen LogP contribution in [0, 0.1) is 0 Å². The molecule has 5 heteroatoms. The Hall–Kier alpha value is -0.390. The summed E-state index contributed by atoms with van der Waals surface area (Å²) in [7, 11) is -3.07. The number of rotatable bonds is 7. The van der Waals surface area contributed by atoms with Crippen molar-refractivity contribution < 1.29 is 8.42 Å². The van der Waals surface area contributed by atoms with E-state index in [-0.39, 0.29) is 11.7 Å². The molecule has 0 saturated heterocycles. The van der Waals surface area contributed by atoms with Gasteiger partial charge < -0.3 is 5.32 Å². The van der Waals surface area contributed by atoms with E-state index in [0.29, 0.717) is 6.42 Å². The van der Waals surface area contributed by atoms with Crippen molar-refractivity contribution in [2.24, 2.45) is 0 Å². The largest absolute Gasteiger partial charge is 0.316 e. The van der Waals surface area contributed by atoms with Crippen LogP contribution in [0.1, 0.15) is 45.6 Å². The highest BCUT2D eigenvalue weighted by atomic mass is 79.9. The molecule has 0 radical (unpaired) electrons. The second-order valence-electron chi connectivity index (χ2n) is 6.28. The van der Waals surface area contributed by atoms with E-state index >= 15 is 0 Å². The van der Waals surface area contributed by atoms with E-state index in [4.69, 9.17) is 0 Å². The molecule has 1 aromatic carbocycles. The number of hydrogen-bond donors (Lipinski definition) is 1. The lowest BCUT2D eigenvalue weighted by atomic mass is 9.96. The number of sulfone groups is 1. The van der Waals surface area contributed by atoms with Gasteiger partial charge >= 0.3 is 0 Å². The van der Waals surface area contributed by atoms with Gasteiger partial charge in [-0.05, 0) is 57.4 Å². The average Bonchev–Trinajstić information content (AvgIpc) is 2.39. The summed E-state index contributed by atoms with van der Waals surface area (Å²) >= 11 is 3.43. The monoisotopic (exact) mass is 375 g/mol. The Labute approximate surface area is 137 Å². The van der Waals surface area contributed by atoms with Crippen LogP contribution in [0.25, 0.3) is 0 Å². The van der Waals surface area contributed by atoms with Crippen LogP contribution >= 0.6 is 15.9 Å². The first-order valence-corrected chi connectivity index (χ1v) is 9.80. The molecule has 0 aliphatic carbocycles. The minimum atomic E-state index is -3.07. The summed E-state index contributed by atoms with van der Waals surface area (Å²) in [6.45, 7) is 9.05. The van der Waals surface area contributed by atoms with Gasteiger partial charge in [-0.3, -0.25) is 0 Å². The molecule has 1 atom stereocenters. The number of benzene rings is 1. The van der Waals surface area contributed by atoms with Gasteiger partial charge in [0.05, 0.1) is 10.5 Å². The Bertz CT molecular complexity index is 532. The van der Waals surface area contributed by atoms with E-state index in [0.717, 1.165) is 17.6 Å². The highest BCUT2D eigenvalue weighted by molar-refractivity contribution is 9.10. The first kappa shape index (κ1) is 18.7. The third kappa shape index (κ3) is 5.72. The fraction of sp³-hybridized carbons (Fsp3) is 0.625. The van der Waals surface area contributed by atoms with Crippen LogP contribution in [0.3, 0.4) is 0 Å². The molecule has 0 aliphatic rings. The van der Waals surface area contributed by atoms with Crippen molar-refractivity contribution in [2.45, 2.75) is 44.8 Å². The highest BCUT2D eigenvalue weighted by Gasteiger charge is 2.29. The fourth-order valence-electron chi connectivity index (χ4n) is 2.04. The summed E-state index contributed by atoms with van der Waals surface area (Å²) < 4.78 is 24.9. The molecule has 1 rings (SSSR count). The van der Waals surface area contributed by atoms with Crippen LogP contribution in [0.15, 0.2) is 28.7 Å². The van der Waals surface area contributed by atoms with Crippen molar-refractivity contribution in [3.05, 3.63) is 34.3 Å². The van der Waals surface area contributed by atoms with Crippen molar-refractivity contribution in [1.29, 1.82) is 0 Å². The topological polar surface area (TPSA) is 46.2 Å². The molecule has 0 amide bonds. The van der Waals surface area contributed by atoms with Crippen molar-refractivity contribution >= 4 is 25.8 Å². The van der Waals surface area contributed by atoms with Gasteiger partial charge in [0.25, 0.3) is 0 Å². The van der Waals surface area contributed by atoms with E-state index in [1.807, 2.05) is 12.1 Å². The third-order valence-corrected chi connectivity index (χ3v) is 6.82. The quantitative estimate of drug-likeness (QED) is 0.789. The van der Waals surface area contributed by atoms with Crippen molar-refractivity contribution in [1.82, 2.24) is 5.32 Å². The standard InChI is InChI=1S/C16H26BrNO2S/c1-5-18-12-14(13-6-8-15(17)9-7-13)10-11-21(19,20)16(2,3)4/h6-9,14,18H,5,10-12H2,1-4H3. The molecule has 1 N–H and O–H groups in total.